The van der Waals surface area contributed by atoms with Crippen LogP contribution in [0.3, 0.4) is 0 Å². The van der Waals surface area contributed by atoms with E-state index in [0.29, 0.717) is 18.6 Å². The van der Waals surface area contributed by atoms with Crippen LogP contribution in [0.25, 0.3) is 0 Å². The van der Waals surface area contributed by atoms with E-state index in [2.05, 4.69) is 5.16 Å². The van der Waals surface area contributed by atoms with E-state index in [0.717, 1.165) is 11.1 Å². The lowest BCUT2D eigenvalue weighted by Gasteiger charge is -2.34. The molecule has 0 bridgehead atoms. The molecule has 3 atom stereocenters. The van der Waals surface area contributed by atoms with Crippen molar-refractivity contribution >= 4 is 12.2 Å². The third-order valence-corrected chi connectivity index (χ3v) is 4.63. The van der Waals surface area contributed by atoms with Crippen molar-refractivity contribution < 1.29 is 34.1 Å². The molecule has 0 spiro atoms. The van der Waals surface area contributed by atoms with Gasteiger partial charge in [0.05, 0.1) is 37.7 Å². The number of fused-ring (bicyclic) bond motifs is 1. The summed E-state index contributed by atoms with van der Waals surface area (Å²) in [6.07, 6.45) is 3.22. The lowest BCUT2D eigenvalue weighted by molar-refractivity contribution is -0.159. The highest BCUT2D eigenvalue weighted by atomic mass is 16.7. The largest absolute Gasteiger partial charge is 0.471 e. The highest BCUT2D eigenvalue weighted by Gasteiger charge is 2.44. The van der Waals surface area contributed by atoms with E-state index in [4.69, 9.17) is 29.3 Å². The van der Waals surface area contributed by atoms with E-state index in [1.165, 1.54) is 19.6 Å². The summed E-state index contributed by atoms with van der Waals surface area (Å²) in [5.74, 6) is -0.871. The quantitative estimate of drug-likeness (QED) is 0.300. The van der Waals surface area contributed by atoms with Gasteiger partial charge in [-0.05, 0) is 17.6 Å². The Morgan fingerprint density at radius 2 is 2.14 bits per heavy atom. The third-order valence-electron chi connectivity index (χ3n) is 4.63. The molecule has 150 valence electrons. The molecule has 1 aliphatic carbocycles. The van der Waals surface area contributed by atoms with E-state index in [1.807, 2.05) is 36.4 Å². The number of hydrogen-bond acceptors (Lipinski definition) is 8. The molecule has 3 rings (SSSR count). The number of aliphatic hydroxyl groups excluding tert-OH is 1. The number of nitrogens with zero attached hydrogens (tertiary/aromatic N) is 1. The SMILES string of the molecule is COC(=O)C1=COC(OCc2ccccc2)C2C(/C=N/OCC(O)O)=CCC12. The zero-order valence-electron chi connectivity index (χ0n) is 15.4. The number of methoxy groups -OCH3 is 1. The van der Waals surface area contributed by atoms with Crippen LogP contribution in [0.1, 0.15) is 12.0 Å². The second kappa shape index (κ2) is 9.50. The standard InChI is InChI=1S/C20H23NO7/c1-25-19(24)16-11-27-20(26-10-13-5-3-2-4-6-13)18-14(7-8-15(16)18)9-21-28-12-17(22)23/h2-7,9,11,15,17-18,20,22-23H,8,10,12H2,1H3/b21-9+. The van der Waals surface area contributed by atoms with E-state index < -0.39 is 18.5 Å². The fourth-order valence-electron chi connectivity index (χ4n) is 3.32. The molecule has 1 aromatic rings. The Morgan fingerprint density at radius 3 is 2.86 bits per heavy atom. The summed E-state index contributed by atoms with van der Waals surface area (Å²) in [5, 5.41) is 21.4. The van der Waals surface area contributed by atoms with Gasteiger partial charge < -0.3 is 29.3 Å². The number of ether oxygens (including phenoxy) is 3. The minimum atomic E-state index is -1.60. The van der Waals surface area contributed by atoms with Gasteiger partial charge in [-0.3, -0.25) is 0 Å². The molecule has 28 heavy (non-hydrogen) atoms. The molecule has 0 aromatic heterocycles. The Balaban J connectivity index is 1.74. The smallest absolute Gasteiger partial charge is 0.337 e. The number of oxime groups is 1. The van der Waals surface area contributed by atoms with Gasteiger partial charge in [-0.1, -0.05) is 41.6 Å². The average molecular weight is 389 g/mol. The fraction of sp³-hybridized carbons (Fsp3) is 0.400. The summed E-state index contributed by atoms with van der Waals surface area (Å²) in [4.78, 5) is 16.9. The first-order valence-electron chi connectivity index (χ1n) is 8.91. The molecule has 0 saturated carbocycles. The third kappa shape index (κ3) is 4.78. The molecule has 1 heterocycles. The monoisotopic (exact) mass is 389 g/mol. The summed E-state index contributed by atoms with van der Waals surface area (Å²) in [5.41, 5.74) is 2.23. The van der Waals surface area contributed by atoms with Crippen molar-refractivity contribution in [1.29, 1.82) is 0 Å². The number of allylic oxidation sites excluding steroid dienone is 1. The molecule has 2 aliphatic rings. The number of carbonyl (C=O) groups is 1. The number of aliphatic hydroxyl groups is 2. The molecule has 2 N–H and O–H groups in total. The first kappa shape index (κ1) is 20.1. The van der Waals surface area contributed by atoms with Crippen LogP contribution in [0.15, 0.2) is 59.0 Å². The van der Waals surface area contributed by atoms with Crippen molar-refractivity contribution in [3.63, 3.8) is 0 Å². The zero-order chi connectivity index (χ0) is 19.9. The molecule has 0 fully saturated rings. The fourth-order valence-corrected chi connectivity index (χ4v) is 3.32. The highest BCUT2D eigenvalue weighted by Crippen LogP contribution is 2.43. The second-order valence-corrected chi connectivity index (χ2v) is 6.45. The molecule has 0 amide bonds. The maximum Gasteiger partial charge on any atom is 0.337 e. The van der Waals surface area contributed by atoms with Gasteiger partial charge in [0.15, 0.2) is 12.9 Å². The molecule has 0 saturated heterocycles. The van der Waals surface area contributed by atoms with Crippen LogP contribution >= 0.6 is 0 Å². The van der Waals surface area contributed by atoms with E-state index in [-0.39, 0.29) is 18.4 Å². The number of hydrogen-bond donors (Lipinski definition) is 2. The Hall–Kier alpha value is -2.68. The maximum atomic E-state index is 12.1. The van der Waals surface area contributed by atoms with Gasteiger partial charge in [-0.2, -0.15) is 0 Å². The van der Waals surface area contributed by atoms with E-state index in [1.54, 1.807) is 0 Å². The number of rotatable bonds is 8. The Bertz CT molecular complexity index is 757. The molecule has 0 radical (unpaired) electrons. The van der Waals surface area contributed by atoms with Crippen molar-refractivity contribution in [3.8, 4) is 0 Å². The van der Waals surface area contributed by atoms with Gasteiger partial charge in [0.25, 0.3) is 0 Å². The predicted octanol–water partition coefficient (Wildman–Crippen LogP) is 1.49. The summed E-state index contributed by atoms with van der Waals surface area (Å²) in [6.45, 7) is 0.0172. The number of esters is 1. The van der Waals surface area contributed by atoms with E-state index in [9.17, 15) is 4.79 Å². The van der Waals surface area contributed by atoms with Gasteiger partial charge in [0.2, 0.25) is 6.29 Å². The van der Waals surface area contributed by atoms with Crippen LogP contribution in [0.4, 0.5) is 0 Å². The van der Waals surface area contributed by atoms with E-state index >= 15 is 0 Å². The van der Waals surface area contributed by atoms with Crippen LogP contribution in [0.2, 0.25) is 0 Å². The van der Waals surface area contributed by atoms with Crippen molar-refractivity contribution in [2.45, 2.75) is 25.6 Å². The average Bonchev–Trinajstić information content (AvgIpc) is 3.14. The van der Waals surface area contributed by atoms with Crippen molar-refractivity contribution in [3.05, 3.63) is 59.4 Å². The lowest BCUT2D eigenvalue weighted by atomic mass is 9.83. The molecule has 8 heteroatoms. The predicted molar refractivity (Wildman–Crippen MR) is 98.6 cm³/mol. The molecular formula is C20H23NO7. The molecule has 3 unspecified atom stereocenters. The highest BCUT2D eigenvalue weighted by molar-refractivity contribution is 5.90. The normalized spacial score (nSPS) is 23.8. The van der Waals surface area contributed by atoms with Crippen LogP contribution in [0.5, 0.6) is 0 Å². The van der Waals surface area contributed by atoms with Gasteiger partial charge >= 0.3 is 5.97 Å². The number of carbonyl (C=O) groups excluding carboxylic acids is 1. The van der Waals surface area contributed by atoms with Crippen molar-refractivity contribution in [2.75, 3.05) is 13.7 Å². The van der Waals surface area contributed by atoms with Crippen molar-refractivity contribution in [2.24, 2.45) is 17.0 Å². The second-order valence-electron chi connectivity index (χ2n) is 6.45. The molecule has 1 aliphatic heterocycles. The van der Waals surface area contributed by atoms with Crippen LogP contribution in [-0.4, -0.2) is 48.7 Å². The summed E-state index contributed by atoms with van der Waals surface area (Å²) < 4.78 is 16.6. The van der Waals surface area contributed by atoms with Gasteiger partial charge in [-0.25, -0.2) is 4.79 Å². The minimum Gasteiger partial charge on any atom is -0.471 e. The first-order valence-corrected chi connectivity index (χ1v) is 8.91. The lowest BCUT2D eigenvalue weighted by Crippen LogP contribution is -2.37. The zero-order valence-corrected chi connectivity index (χ0v) is 15.4. The van der Waals surface area contributed by atoms with Gasteiger partial charge in [0.1, 0.15) is 0 Å². The van der Waals surface area contributed by atoms with Crippen molar-refractivity contribution in [1.82, 2.24) is 0 Å². The minimum absolute atomic E-state index is 0.160. The van der Waals surface area contributed by atoms with Gasteiger partial charge in [-0.15, -0.1) is 0 Å². The topological polar surface area (TPSA) is 107 Å². The van der Waals surface area contributed by atoms with Crippen LogP contribution in [-0.2, 0) is 30.4 Å². The van der Waals surface area contributed by atoms with Crippen LogP contribution < -0.4 is 0 Å². The Kier molecular flexibility index (Phi) is 6.80. The Morgan fingerprint density at radius 1 is 1.36 bits per heavy atom. The number of benzene rings is 1. The molecular weight excluding hydrogens is 366 g/mol. The van der Waals surface area contributed by atoms with Gasteiger partial charge in [0, 0.05) is 5.92 Å². The summed E-state index contributed by atoms with van der Waals surface area (Å²) in [6, 6.07) is 9.70. The van der Waals surface area contributed by atoms with Crippen LogP contribution in [0, 0.1) is 11.8 Å². The Labute approximate surface area is 162 Å². The molecule has 1 aromatic carbocycles. The molecule has 8 nitrogen and oxygen atoms in total. The summed E-state index contributed by atoms with van der Waals surface area (Å²) >= 11 is 0. The first-order chi connectivity index (χ1) is 13.6. The maximum absolute atomic E-state index is 12.1. The summed E-state index contributed by atoms with van der Waals surface area (Å²) in [7, 11) is 1.33.